The number of hydrogen-bond donors (Lipinski definition) is 0. The Labute approximate surface area is 107 Å². The molecule has 0 bridgehead atoms. The molecule has 0 unspecified atom stereocenters. The van der Waals surface area contributed by atoms with Crippen LogP contribution >= 0.6 is 15.9 Å². The second kappa shape index (κ2) is 5.14. The van der Waals surface area contributed by atoms with Crippen molar-refractivity contribution in [3.05, 3.63) is 46.2 Å². The molecule has 1 heterocycles. The Kier molecular flexibility index (Phi) is 3.58. The van der Waals surface area contributed by atoms with Crippen LogP contribution < -0.4 is 4.74 Å². The molecule has 2 aromatic rings. The van der Waals surface area contributed by atoms with Crippen LogP contribution in [0.15, 0.2) is 34.9 Å². The van der Waals surface area contributed by atoms with Crippen molar-refractivity contribution in [2.45, 2.75) is 6.54 Å². The molecule has 0 saturated heterocycles. The van der Waals surface area contributed by atoms with Crippen LogP contribution in [-0.2, 0) is 6.54 Å². The SMILES string of the molecule is COc1ccc(Cn2nc(Br)cc2C=O)cc1. The molecule has 5 heteroatoms. The lowest BCUT2D eigenvalue weighted by Gasteiger charge is -2.05. The molecular formula is C12H11BrN2O2. The van der Waals surface area contributed by atoms with Gasteiger partial charge in [-0.2, -0.15) is 5.10 Å². The van der Waals surface area contributed by atoms with Crippen LogP contribution in [0, 0.1) is 0 Å². The number of rotatable bonds is 4. The Morgan fingerprint density at radius 1 is 1.41 bits per heavy atom. The molecule has 0 N–H and O–H groups in total. The van der Waals surface area contributed by atoms with E-state index in [1.807, 2.05) is 24.3 Å². The van der Waals surface area contributed by atoms with Crippen LogP contribution in [0.2, 0.25) is 0 Å². The third-order valence-corrected chi connectivity index (χ3v) is 2.78. The monoisotopic (exact) mass is 294 g/mol. The molecule has 0 amide bonds. The average Bonchev–Trinajstić information content (AvgIpc) is 2.70. The largest absolute Gasteiger partial charge is 0.497 e. The molecule has 1 aromatic heterocycles. The van der Waals surface area contributed by atoms with E-state index in [1.54, 1.807) is 17.9 Å². The minimum absolute atomic E-state index is 0.549. The molecule has 88 valence electrons. The summed E-state index contributed by atoms with van der Waals surface area (Å²) in [5.74, 6) is 0.811. The molecule has 0 fully saturated rings. The Morgan fingerprint density at radius 2 is 2.12 bits per heavy atom. The van der Waals surface area contributed by atoms with Gasteiger partial charge in [0.2, 0.25) is 0 Å². The summed E-state index contributed by atoms with van der Waals surface area (Å²) in [5.41, 5.74) is 1.61. The van der Waals surface area contributed by atoms with E-state index in [9.17, 15) is 4.79 Å². The van der Waals surface area contributed by atoms with Crippen LogP contribution in [0.25, 0.3) is 0 Å². The third-order valence-electron chi connectivity index (χ3n) is 2.39. The first-order chi connectivity index (χ1) is 8.22. The van der Waals surface area contributed by atoms with Gasteiger partial charge in [0.1, 0.15) is 16.0 Å². The number of carbonyl (C=O) groups excluding carboxylic acids is 1. The number of carbonyl (C=O) groups is 1. The summed E-state index contributed by atoms with van der Waals surface area (Å²) in [6, 6.07) is 9.35. The summed E-state index contributed by atoms with van der Waals surface area (Å²) >= 11 is 3.25. The number of aromatic nitrogens is 2. The van der Waals surface area contributed by atoms with E-state index in [1.165, 1.54) is 0 Å². The quantitative estimate of drug-likeness (QED) is 0.814. The fraction of sp³-hybridized carbons (Fsp3) is 0.167. The van der Waals surface area contributed by atoms with Gasteiger partial charge in [-0.25, -0.2) is 0 Å². The van der Waals surface area contributed by atoms with Gasteiger partial charge in [0.05, 0.1) is 13.7 Å². The molecule has 2 rings (SSSR count). The van der Waals surface area contributed by atoms with Crippen molar-refractivity contribution >= 4 is 22.2 Å². The van der Waals surface area contributed by atoms with Gasteiger partial charge in [0.15, 0.2) is 6.29 Å². The predicted octanol–water partition coefficient (Wildman–Crippen LogP) is 2.52. The van der Waals surface area contributed by atoms with Crippen LogP contribution in [0.3, 0.4) is 0 Å². The lowest BCUT2D eigenvalue weighted by molar-refractivity contribution is 0.111. The van der Waals surface area contributed by atoms with Gasteiger partial charge in [0, 0.05) is 6.07 Å². The van der Waals surface area contributed by atoms with E-state index in [-0.39, 0.29) is 0 Å². The summed E-state index contributed by atoms with van der Waals surface area (Å²) in [6.45, 7) is 0.559. The summed E-state index contributed by atoms with van der Waals surface area (Å²) in [6.07, 6.45) is 0.793. The van der Waals surface area contributed by atoms with E-state index in [4.69, 9.17) is 4.74 Å². The number of aldehydes is 1. The van der Waals surface area contributed by atoms with Crippen molar-refractivity contribution in [1.82, 2.24) is 9.78 Å². The molecule has 1 aromatic carbocycles. The number of nitrogens with zero attached hydrogens (tertiary/aromatic N) is 2. The number of ether oxygens (including phenoxy) is 1. The van der Waals surface area contributed by atoms with Crippen LogP contribution in [0.1, 0.15) is 16.1 Å². The standard InChI is InChI=1S/C12H11BrN2O2/c1-17-11-4-2-9(3-5-11)7-15-10(8-16)6-12(13)14-15/h2-6,8H,7H2,1H3. The number of methoxy groups -OCH3 is 1. The number of hydrogen-bond acceptors (Lipinski definition) is 3. The van der Waals surface area contributed by atoms with Crippen LogP contribution in [0.5, 0.6) is 5.75 Å². The normalized spacial score (nSPS) is 10.2. The first-order valence-corrected chi connectivity index (χ1v) is 5.83. The summed E-state index contributed by atoms with van der Waals surface area (Å²) in [5, 5.41) is 4.19. The van der Waals surface area contributed by atoms with E-state index in [0.29, 0.717) is 16.8 Å². The zero-order valence-electron chi connectivity index (χ0n) is 9.26. The van der Waals surface area contributed by atoms with Crippen molar-refractivity contribution < 1.29 is 9.53 Å². The highest BCUT2D eigenvalue weighted by molar-refractivity contribution is 9.10. The predicted molar refractivity (Wildman–Crippen MR) is 67.4 cm³/mol. The average molecular weight is 295 g/mol. The molecule has 0 radical (unpaired) electrons. The molecule has 17 heavy (non-hydrogen) atoms. The summed E-state index contributed by atoms with van der Waals surface area (Å²) < 4.78 is 7.39. The highest BCUT2D eigenvalue weighted by Crippen LogP contribution is 2.14. The van der Waals surface area contributed by atoms with Gasteiger partial charge < -0.3 is 4.74 Å². The first kappa shape index (κ1) is 11.9. The molecule has 4 nitrogen and oxygen atoms in total. The Morgan fingerprint density at radius 3 is 2.71 bits per heavy atom. The first-order valence-electron chi connectivity index (χ1n) is 5.04. The maximum atomic E-state index is 10.8. The van der Waals surface area contributed by atoms with Gasteiger partial charge in [-0.1, -0.05) is 12.1 Å². The fourth-order valence-corrected chi connectivity index (χ4v) is 1.95. The Balaban J connectivity index is 2.21. The van der Waals surface area contributed by atoms with E-state index in [2.05, 4.69) is 21.0 Å². The van der Waals surface area contributed by atoms with Crippen molar-refractivity contribution in [3.8, 4) is 5.75 Å². The van der Waals surface area contributed by atoms with Gasteiger partial charge in [-0.05, 0) is 33.6 Å². The fourth-order valence-electron chi connectivity index (χ4n) is 1.52. The highest BCUT2D eigenvalue weighted by Gasteiger charge is 2.05. The van der Waals surface area contributed by atoms with Crippen molar-refractivity contribution in [3.63, 3.8) is 0 Å². The molecule has 0 aliphatic rings. The van der Waals surface area contributed by atoms with E-state index >= 15 is 0 Å². The molecule has 0 saturated carbocycles. The Bertz CT molecular complexity index is 520. The van der Waals surface area contributed by atoms with E-state index in [0.717, 1.165) is 17.6 Å². The third kappa shape index (κ3) is 2.74. The number of halogens is 1. The molecule has 0 aliphatic carbocycles. The molecule has 0 atom stereocenters. The maximum Gasteiger partial charge on any atom is 0.168 e. The lowest BCUT2D eigenvalue weighted by Crippen LogP contribution is -2.05. The Hall–Kier alpha value is -1.62. The van der Waals surface area contributed by atoms with Crippen LogP contribution in [0.4, 0.5) is 0 Å². The van der Waals surface area contributed by atoms with Crippen molar-refractivity contribution in [2.75, 3.05) is 7.11 Å². The second-order valence-electron chi connectivity index (χ2n) is 3.52. The zero-order valence-corrected chi connectivity index (χ0v) is 10.8. The minimum atomic E-state index is 0.549. The van der Waals surface area contributed by atoms with Gasteiger partial charge in [0.25, 0.3) is 0 Å². The topological polar surface area (TPSA) is 44.1 Å². The van der Waals surface area contributed by atoms with Gasteiger partial charge >= 0.3 is 0 Å². The molecule has 0 aliphatic heterocycles. The van der Waals surface area contributed by atoms with Crippen molar-refractivity contribution in [2.24, 2.45) is 0 Å². The van der Waals surface area contributed by atoms with Gasteiger partial charge in [-0.3, -0.25) is 9.48 Å². The van der Waals surface area contributed by atoms with E-state index < -0.39 is 0 Å². The smallest absolute Gasteiger partial charge is 0.168 e. The highest BCUT2D eigenvalue weighted by atomic mass is 79.9. The van der Waals surface area contributed by atoms with Gasteiger partial charge in [-0.15, -0.1) is 0 Å². The lowest BCUT2D eigenvalue weighted by atomic mass is 10.2. The maximum absolute atomic E-state index is 10.8. The summed E-state index contributed by atoms with van der Waals surface area (Å²) in [7, 11) is 1.63. The second-order valence-corrected chi connectivity index (χ2v) is 4.33. The van der Waals surface area contributed by atoms with Crippen molar-refractivity contribution in [1.29, 1.82) is 0 Å². The van der Waals surface area contributed by atoms with Crippen LogP contribution in [-0.4, -0.2) is 23.2 Å². The molecule has 0 spiro atoms. The zero-order chi connectivity index (χ0) is 12.3. The minimum Gasteiger partial charge on any atom is -0.497 e. The molecular weight excluding hydrogens is 284 g/mol. The number of benzene rings is 1. The summed E-state index contributed by atoms with van der Waals surface area (Å²) in [4.78, 5) is 10.8.